The molecule has 84 valence electrons. The molecule has 5 nitrogen and oxygen atoms in total. The maximum absolute atomic E-state index is 12.1. The van der Waals surface area contributed by atoms with Crippen LogP contribution < -0.4 is 9.46 Å². The summed E-state index contributed by atoms with van der Waals surface area (Å²) in [4.78, 5) is 0. The van der Waals surface area contributed by atoms with Gasteiger partial charge in [0.2, 0.25) is 0 Å². The zero-order valence-corrected chi connectivity index (χ0v) is 8.70. The summed E-state index contributed by atoms with van der Waals surface area (Å²) in [5.74, 6) is -0.201. The third kappa shape index (κ3) is 1.19. The quantitative estimate of drug-likeness (QED) is 0.354. The number of hydrogen-bond acceptors (Lipinski definition) is 3. The first-order chi connectivity index (χ1) is 8.20. The maximum Gasteiger partial charge on any atom is 0.332 e. The molecule has 1 heterocycles. The Bertz CT molecular complexity index is 740. The summed E-state index contributed by atoms with van der Waals surface area (Å²) in [7, 11) is 0. The molecule has 3 aromatic rings. The predicted octanol–water partition coefficient (Wildman–Crippen LogP) is 0.965. The van der Waals surface area contributed by atoms with Crippen molar-refractivity contribution in [2.45, 2.75) is 0 Å². The molecule has 0 aliphatic heterocycles. The number of aromatic hydroxyl groups is 1. The number of aromatic nitrogens is 2. The van der Waals surface area contributed by atoms with Crippen molar-refractivity contribution in [2.75, 3.05) is 0 Å². The molecule has 0 saturated heterocycles. The summed E-state index contributed by atoms with van der Waals surface area (Å²) in [6.45, 7) is 0. The van der Waals surface area contributed by atoms with Crippen molar-refractivity contribution >= 4 is 22.1 Å². The molecule has 5 heteroatoms. The van der Waals surface area contributed by atoms with Gasteiger partial charge in [0, 0.05) is 18.2 Å². The lowest BCUT2D eigenvalue weighted by atomic mass is 10.2. The third-order valence-electron chi connectivity index (χ3n) is 2.73. The standard InChI is InChI=1S/C12H8N2O3/c15-11-7-3-6-10-12(11)14(17)9-5-2-1-4-8(9)13(10)16/h1-7,15H. The number of benzene rings is 2. The van der Waals surface area contributed by atoms with E-state index in [1.807, 2.05) is 0 Å². The van der Waals surface area contributed by atoms with Crippen molar-refractivity contribution in [1.82, 2.24) is 0 Å². The van der Waals surface area contributed by atoms with E-state index in [4.69, 9.17) is 0 Å². The van der Waals surface area contributed by atoms with E-state index in [-0.39, 0.29) is 27.8 Å². The fraction of sp³-hybridized carbons (Fsp3) is 0. The van der Waals surface area contributed by atoms with Crippen LogP contribution in [0.25, 0.3) is 22.1 Å². The summed E-state index contributed by atoms with van der Waals surface area (Å²) in [6.07, 6.45) is 0. The van der Waals surface area contributed by atoms with Crippen LogP contribution in [0, 0.1) is 10.4 Å². The third-order valence-corrected chi connectivity index (χ3v) is 2.73. The van der Waals surface area contributed by atoms with E-state index in [1.165, 1.54) is 18.2 Å². The zero-order valence-electron chi connectivity index (χ0n) is 8.70. The Balaban J connectivity index is 2.69. The fourth-order valence-corrected chi connectivity index (χ4v) is 1.95. The van der Waals surface area contributed by atoms with Gasteiger partial charge in [-0.25, -0.2) is 0 Å². The number of phenolic OH excluding ortho intramolecular Hbond substituents is 1. The second kappa shape index (κ2) is 3.21. The van der Waals surface area contributed by atoms with E-state index in [9.17, 15) is 15.5 Å². The molecule has 0 saturated carbocycles. The summed E-state index contributed by atoms with van der Waals surface area (Å²) in [5.41, 5.74) is 0.650. The number of fused-ring (bicyclic) bond motifs is 2. The van der Waals surface area contributed by atoms with Gasteiger partial charge in [0.05, 0.1) is 0 Å². The lowest BCUT2D eigenvalue weighted by Crippen LogP contribution is -2.39. The van der Waals surface area contributed by atoms with Crippen LogP contribution in [-0.4, -0.2) is 5.11 Å². The van der Waals surface area contributed by atoms with Crippen LogP contribution >= 0.6 is 0 Å². The van der Waals surface area contributed by atoms with E-state index in [1.54, 1.807) is 24.3 Å². The topological polar surface area (TPSA) is 74.1 Å². The van der Waals surface area contributed by atoms with Crippen LogP contribution in [-0.2, 0) is 0 Å². The van der Waals surface area contributed by atoms with Crippen molar-refractivity contribution < 1.29 is 14.6 Å². The smallest absolute Gasteiger partial charge is 0.332 e. The highest BCUT2D eigenvalue weighted by atomic mass is 16.5. The van der Waals surface area contributed by atoms with Crippen LogP contribution in [0.5, 0.6) is 5.75 Å². The summed E-state index contributed by atoms with van der Waals surface area (Å²) in [6, 6.07) is 10.9. The Morgan fingerprint density at radius 3 is 2.06 bits per heavy atom. The van der Waals surface area contributed by atoms with Crippen molar-refractivity contribution in [2.24, 2.45) is 0 Å². The number of nitrogens with zero attached hydrogens (tertiary/aromatic N) is 2. The predicted molar refractivity (Wildman–Crippen MR) is 61.0 cm³/mol. The highest BCUT2D eigenvalue weighted by Crippen LogP contribution is 2.20. The molecule has 0 atom stereocenters. The van der Waals surface area contributed by atoms with Gasteiger partial charge >= 0.3 is 5.52 Å². The molecule has 0 unspecified atom stereocenters. The van der Waals surface area contributed by atoms with Gasteiger partial charge < -0.3 is 15.5 Å². The summed E-state index contributed by atoms with van der Waals surface area (Å²) < 4.78 is 1.23. The average Bonchev–Trinajstić information content (AvgIpc) is 2.36. The molecular formula is C12H8N2O3. The second-order valence-electron chi connectivity index (χ2n) is 3.72. The minimum Gasteiger partial charge on any atom is -0.617 e. The monoisotopic (exact) mass is 228 g/mol. The minimum atomic E-state index is -0.201. The van der Waals surface area contributed by atoms with Crippen LogP contribution in [0.4, 0.5) is 0 Å². The zero-order chi connectivity index (χ0) is 12.0. The lowest BCUT2D eigenvalue weighted by Gasteiger charge is -2.07. The Hall–Kier alpha value is -2.56. The first kappa shape index (κ1) is 9.65. The molecule has 0 bridgehead atoms. The first-order valence-electron chi connectivity index (χ1n) is 5.05. The molecule has 0 radical (unpaired) electrons. The number of phenols is 1. The van der Waals surface area contributed by atoms with Gasteiger partial charge in [-0.3, -0.25) is 0 Å². The van der Waals surface area contributed by atoms with Crippen molar-refractivity contribution in [3.63, 3.8) is 0 Å². The minimum absolute atomic E-state index is 0.0128. The molecule has 2 aromatic carbocycles. The van der Waals surface area contributed by atoms with E-state index >= 15 is 0 Å². The van der Waals surface area contributed by atoms with Crippen LogP contribution in [0.3, 0.4) is 0 Å². The molecular weight excluding hydrogens is 220 g/mol. The molecule has 1 N–H and O–H groups in total. The molecule has 0 aliphatic rings. The average molecular weight is 228 g/mol. The Kier molecular flexibility index (Phi) is 1.82. The Morgan fingerprint density at radius 1 is 0.765 bits per heavy atom. The molecule has 1 aromatic heterocycles. The van der Waals surface area contributed by atoms with E-state index in [0.29, 0.717) is 9.46 Å². The van der Waals surface area contributed by atoms with Crippen molar-refractivity contribution in [1.29, 1.82) is 0 Å². The Morgan fingerprint density at radius 2 is 1.35 bits per heavy atom. The van der Waals surface area contributed by atoms with E-state index in [2.05, 4.69) is 0 Å². The summed E-state index contributed by atoms with van der Waals surface area (Å²) >= 11 is 0. The maximum atomic E-state index is 12.1. The van der Waals surface area contributed by atoms with Gasteiger partial charge in [-0.1, -0.05) is 18.2 Å². The normalized spacial score (nSPS) is 11.1. The largest absolute Gasteiger partial charge is 0.617 e. The number of para-hydroxylation sites is 3. The molecule has 3 rings (SSSR count). The summed E-state index contributed by atoms with van der Waals surface area (Å²) in [5, 5.41) is 33.8. The van der Waals surface area contributed by atoms with Gasteiger partial charge in [0.15, 0.2) is 5.75 Å². The van der Waals surface area contributed by atoms with Gasteiger partial charge in [0.1, 0.15) is 0 Å². The molecule has 0 fully saturated rings. The molecule has 0 spiro atoms. The molecule has 0 amide bonds. The van der Waals surface area contributed by atoms with Gasteiger partial charge in [0.25, 0.3) is 16.6 Å². The fourth-order valence-electron chi connectivity index (χ4n) is 1.95. The highest BCUT2D eigenvalue weighted by Gasteiger charge is 2.23. The van der Waals surface area contributed by atoms with Crippen LogP contribution in [0.2, 0.25) is 0 Å². The van der Waals surface area contributed by atoms with Gasteiger partial charge in [-0.15, -0.1) is 0 Å². The van der Waals surface area contributed by atoms with Gasteiger partial charge in [-0.2, -0.15) is 9.46 Å². The SMILES string of the molecule is [O-][n+]1c2ccccc2[n+]([O-])c2c(O)cccc21. The second-order valence-corrected chi connectivity index (χ2v) is 3.72. The number of hydrogen-bond donors (Lipinski definition) is 1. The van der Waals surface area contributed by atoms with Crippen LogP contribution in [0.15, 0.2) is 42.5 Å². The lowest BCUT2D eigenvalue weighted by molar-refractivity contribution is -0.591. The molecule has 17 heavy (non-hydrogen) atoms. The van der Waals surface area contributed by atoms with Crippen molar-refractivity contribution in [3.05, 3.63) is 52.9 Å². The van der Waals surface area contributed by atoms with E-state index < -0.39 is 0 Å². The highest BCUT2D eigenvalue weighted by molar-refractivity contribution is 5.80. The van der Waals surface area contributed by atoms with Crippen LogP contribution in [0.1, 0.15) is 0 Å². The number of rotatable bonds is 0. The first-order valence-corrected chi connectivity index (χ1v) is 5.05. The van der Waals surface area contributed by atoms with E-state index in [0.717, 1.165) is 0 Å². The van der Waals surface area contributed by atoms with Gasteiger partial charge in [-0.05, 0) is 6.07 Å². The van der Waals surface area contributed by atoms with Crippen molar-refractivity contribution in [3.8, 4) is 5.75 Å². The Labute approximate surface area is 95.9 Å². The molecule has 0 aliphatic carbocycles.